The Morgan fingerprint density at radius 2 is 2.05 bits per heavy atom. The van der Waals surface area contributed by atoms with E-state index in [1.807, 2.05) is 0 Å². The third-order valence-corrected chi connectivity index (χ3v) is 4.43. The highest BCUT2D eigenvalue weighted by atomic mass is 32.2. The minimum absolute atomic E-state index is 0.0199. The van der Waals surface area contributed by atoms with Crippen molar-refractivity contribution in [2.45, 2.75) is 18.2 Å². The highest BCUT2D eigenvalue weighted by molar-refractivity contribution is 7.90. The van der Waals surface area contributed by atoms with Crippen LogP contribution in [0.3, 0.4) is 0 Å². The number of amidine groups is 1. The summed E-state index contributed by atoms with van der Waals surface area (Å²) >= 11 is 0. The van der Waals surface area contributed by atoms with Crippen molar-refractivity contribution in [1.29, 1.82) is 0 Å². The SMILES string of the molecule is CCC1=NS(=O)(=O)c2cccnc2N1c1cccc(F)c1. The van der Waals surface area contributed by atoms with Crippen molar-refractivity contribution in [3.8, 4) is 0 Å². The molecule has 2 aromatic rings. The summed E-state index contributed by atoms with van der Waals surface area (Å²) < 4.78 is 41.6. The summed E-state index contributed by atoms with van der Waals surface area (Å²) in [6.07, 6.45) is 1.88. The van der Waals surface area contributed by atoms with Crippen LogP contribution in [0.2, 0.25) is 0 Å². The van der Waals surface area contributed by atoms with Crippen LogP contribution in [0.1, 0.15) is 13.3 Å². The first kappa shape index (κ1) is 13.7. The van der Waals surface area contributed by atoms with Crippen molar-refractivity contribution in [1.82, 2.24) is 4.98 Å². The zero-order chi connectivity index (χ0) is 15.0. The van der Waals surface area contributed by atoms with E-state index in [0.29, 0.717) is 17.9 Å². The molecule has 0 aliphatic carbocycles. The van der Waals surface area contributed by atoms with Gasteiger partial charge in [-0.1, -0.05) is 13.0 Å². The van der Waals surface area contributed by atoms with Crippen LogP contribution in [-0.4, -0.2) is 19.2 Å². The minimum atomic E-state index is -3.76. The van der Waals surface area contributed by atoms with Crippen LogP contribution in [0.25, 0.3) is 0 Å². The van der Waals surface area contributed by atoms with Crippen LogP contribution in [0.15, 0.2) is 51.9 Å². The second-order valence-electron chi connectivity index (χ2n) is 4.48. The van der Waals surface area contributed by atoms with Gasteiger partial charge in [-0.3, -0.25) is 4.90 Å². The number of rotatable bonds is 2. The summed E-state index contributed by atoms with van der Waals surface area (Å²) in [6, 6.07) is 8.87. The lowest BCUT2D eigenvalue weighted by molar-refractivity contribution is 0.596. The Morgan fingerprint density at radius 1 is 1.24 bits per heavy atom. The molecule has 0 saturated heterocycles. The lowest BCUT2D eigenvalue weighted by Crippen LogP contribution is -2.32. The van der Waals surface area contributed by atoms with E-state index in [9.17, 15) is 12.8 Å². The second kappa shape index (κ2) is 4.92. The zero-order valence-corrected chi connectivity index (χ0v) is 12.0. The summed E-state index contributed by atoms with van der Waals surface area (Å²) in [7, 11) is -3.76. The van der Waals surface area contributed by atoms with E-state index in [0.717, 1.165) is 0 Å². The molecule has 0 fully saturated rings. The molecule has 1 aromatic heterocycles. The van der Waals surface area contributed by atoms with Crippen molar-refractivity contribution in [3.63, 3.8) is 0 Å². The summed E-state index contributed by atoms with van der Waals surface area (Å²) in [5.41, 5.74) is 0.491. The molecule has 3 rings (SSSR count). The lowest BCUT2D eigenvalue weighted by Gasteiger charge is -2.29. The normalized spacial score (nSPS) is 16.3. The number of halogens is 1. The van der Waals surface area contributed by atoms with E-state index in [-0.39, 0.29) is 10.7 Å². The number of nitrogens with zero attached hydrogens (tertiary/aromatic N) is 3. The van der Waals surface area contributed by atoms with Crippen LogP contribution >= 0.6 is 0 Å². The molecule has 5 nitrogen and oxygen atoms in total. The van der Waals surface area contributed by atoms with Gasteiger partial charge in [-0.25, -0.2) is 9.37 Å². The number of hydrogen-bond acceptors (Lipinski definition) is 4. The van der Waals surface area contributed by atoms with E-state index >= 15 is 0 Å². The standard InChI is InChI=1S/C14H12FN3O2S/c1-2-13-17-21(19,20)12-7-4-8-16-14(12)18(13)11-6-3-5-10(15)9-11/h3-9H,2H2,1H3. The molecule has 0 bridgehead atoms. The Kier molecular flexibility index (Phi) is 3.21. The van der Waals surface area contributed by atoms with Gasteiger partial charge in [-0.15, -0.1) is 4.40 Å². The first-order chi connectivity index (χ1) is 10.0. The molecular formula is C14H12FN3O2S. The van der Waals surface area contributed by atoms with Crippen LogP contribution in [0.5, 0.6) is 0 Å². The molecule has 21 heavy (non-hydrogen) atoms. The van der Waals surface area contributed by atoms with Gasteiger partial charge in [0, 0.05) is 12.6 Å². The number of aromatic nitrogens is 1. The molecule has 0 radical (unpaired) electrons. The van der Waals surface area contributed by atoms with Crippen LogP contribution < -0.4 is 4.90 Å². The Labute approximate surface area is 121 Å². The maximum Gasteiger partial charge on any atom is 0.287 e. The molecule has 1 aliphatic rings. The summed E-state index contributed by atoms with van der Waals surface area (Å²) in [5, 5.41) is 0. The largest absolute Gasteiger partial charge is 0.287 e. The van der Waals surface area contributed by atoms with Crippen LogP contribution in [0.4, 0.5) is 15.9 Å². The highest BCUT2D eigenvalue weighted by Crippen LogP contribution is 2.35. The first-order valence-electron chi connectivity index (χ1n) is 6.37. The Hall–Kier alpha value is -2.28. The van der Waals surface area contributed by atoms with Gasteiger partial charge in [0.2, 0.25) is 0 Å². The molecule has 0 unspecified atom stereocenters. The third kappa shape index (κ3) is 2.29. The number of hydrogen-bond donors (Lipinski definition) is 0. The number of fused-ring (bicyclic) bond motifs is 1. The van der Waals surface area contributed by atoms with Gasteiger partial charge in [-0.2, -0.15) is 8.42 Å². The molecule has 0 N–H and O–H groups in total. The molecule has 1 aromatic carbocycles. The molecule has 2 heterocycles. The average molecular weight is 305 g/mol. The van der Waals surface area contributed by atoms with Crippen LogP contribution in [0, 0.1) is 5.82 Å². The van der Waals surface area contributed by atoms with Gasteiger partial charge in [0.1, 0.15) is 16.5 Å². The monoisotopic (exact) mass is 305 g/mol. The van der Waals surface area contributed by atoms with E-state index in [1.165, 1.54) is 30.5 Å². The van der Waals surface area contributed by atoms with Crippen LogP contribution in [-0.2, 0) is 10.0 Å². The van der Waals surface area contributed by atoms with Crippen molar-refractivity contribution in [3.05, 3.63) is 48.4 Å². The average Bonchev–Trinajstić information content (AvgIpc) is 2.46. The fourth-order valence-corrected chi connectivity index (χ4v) is 3.42. The summed E-state index contributed by atoms with van der Waals surface area (Å²) in [6.45, 7) is 1.79. The van der Waals surface area contributed by atoms with Gasteiger partial charge in [0.15, 0.2) is 5.82 Å². The van der Waals surface area contributed by atoms with Gasteiger partial charge < -0.3 is 0 Å². The zero-order valence-electron chi connectivity index (χ0n) is 11.2. The predicted octanol–water partition coefficient (Wildman–Crippen LogP) is 2.87. The number of pyridine rings is 1. The first-order valence-corrected chi connectivity index (χ1v) is 7.81. The maximum absolute atomic E-state index is 13.5. The van der Waals surface area contributed by atoms with E-state index in [2.05, 4.69) is 9.38 Å². The molecule has 108 valence electrons. The Bertz CT molecular complexity index is 834. The highest BCUT2D eigenvalue weighted by Gasteiger charge is 2.31. The second-order valence-corrected chi connectivity index (χ2v) is 6.05. The molecular weight excluding hydrogens is 293 g/mol. The summed E-state index contributed by atoms with van der Waals surface area (Å²) in [4.78, 5) is 5.73. The molecule has 1 aliphatic heterocycles. The van der Waals surface area contributed by atoms with Gasteiger partial charge >= 0.3 is 0 Å². The molecule has 0 spiro atoms. The molecule has 0 amide bonds. The topological polar surface area (TPSA) is 62.6 Å². The van der Waals surface area contributed by atoms with Crippen molar-refractivity contribution in [2.24, 2.45) is 4.40 Å². The minimum Gasteiger partial charge on any atom is -0.281 e. The van der Waals surface area contributed by atoms with E-state index in [4.69, 9.17) is 0 Å². The quantitative estimate of drug-likeness (QED) is 0.856. The van der Waals surface area contributed by atoms with E-state index in [1.54, 1.807) is 24.0 Å². The number of anilines is 2. The van der Waals surface area contributed by atoms with Gasteiger partial charge in [0.05, 0.1) is 5.69 Å². The summed E-state index contributed by atoms with van der Waals surface area (Å²) in [5.74, 6) is 0.149. The van der Waals surface area contributed by atoms with Crippen molar-refractivity contribution < 1.29 is 12.8 Å². The lowest BCUT2D eigenvalue weighted by atomic mass is 10.2. The Morgan fingerprint density at radius 3 is 2.76 bits per heavy atom. The van der Waals surface area contributed by atoms with Gasteiger partial charge in [0.25, 0.3) is 10.0 Å². The smallest absolute Gasteiger partial charge is 0.281 e. The Balaban J connectivity index is 2.28. The van der Waals surface area contributed by atoms with Gasteiger partial charge in [-0.05, 0) is 30.3 Å². The molecule has 7 heteroatoms. The fraction of sp³-hybridized carbons (Fsp3) is 0.143. The van der Waals surface area contributed by atoms with Crippen molar-refractivity contribution >= 4 is 27.4 Å². The maximum atomic E-state index is 13.5. The molecule has 0 saturated carbocycles. The fourth-order valence-electron chi connectivity index (χ4n) is 2.21. The van der Waals surface area contributed by atoms with E-state index < -0.39 is 15.8 Å². The third-order valence-electron chi connectivity index (χ3n) is 3.11. The molecule has 0 atom stereocenters. The number of sulfonamides is 1. The predicted molar refractivity (Wildman–Crippen MR) is 77.7 cm³/mol. The van der Waals surface area contributed by atoms with Crippen molar-refractivity contribution in [2.75, 3.05) is 4.90 Å². The number of benzene rings is 1.